The average Bonchev–Trinajstić information content (AvgIpc) is 3.19. The summed E-state index contributed by atoms with van der Waals surface area (Å²) in [6.07, 6.45) is 2.02. The third-order valence-corrected chi connectivity index (χ3v) is 6.59. The van der Waals surface area contributed by atoms with Gasteiger partial charge in [0.1, 0.15) is 17.7 Å². The molecule has 0 aromatic heterocycles. The Morgan fingerprint density at radius 2 is 1.90 bits per heavy atom. The molecule has 31 heavy (non-hydrogen) atoms. The van der Waals surface area contributed by atoms with Gasteiger partial charge in [-0.3, -0.25) is 9.59 Å². The molecule has 1 aliphatic heterocycles. The monoisotopic (exact) mass is 470 g/mol. The third-order valence-electron chi connectivity index (χ3n) is 5.19. The zero-order valence-corrected chi connectivity index (χ0v) is 18.4. The molecule has 1 heterocycles. The Morgan fingerprint density at radius 3 is 2.58 bits per heavy atom. The van der Waals surface area contributed by atoms with Crippen LogP contribution in [-0.2, 0) is 14.6 Å². The Hall–Kier alpha value is -2.52. The van der Waals surface area contributed by atoms with E-state index in [0.29, 0.717) is 19.4 Å². The molecule has 0 bridgehead atoms. The van der Waals surface area contributed by atoms with Crippen LogP contribution in [0.4, 0.5) is 8.78 Å². The Morgan fingerprint density at radius 1 is 1.19 bits per heavy atom. The minimum Gasteiger partial charge on any atom is -0.348 e. The zero-order valence-electron chi connectivity index (χ0n) is 16.9. The van der Waals surface area contributed by atoms with Gasteiger partial charge in [-0.1, -0.05) is 17.7 Å². The van der Waals surface area contributed by atoms with Gasteiger partial charge in [-0.15, -0.1) is 0 Å². The molecule has 1 N–H and O–H groups in total. The van der Waals surface area contributed by atoms with E-state index < -0.39 is 45.4 Å². The number of carbonyl (C=O) groups excluding carboxylic acids is 2. The molecule has 6 nitrogen and oxygen atoms in total. The summed E-state index contributed by atoms with van der Waals surface area (Å²) in [4.78, 5) is 27.2. The number of likely N-dealkylation sites (tertiary alicyclic amines) is 1. The fraction of sp³-hybridized carbons (Fsp3) is 0.333. The van der Waals surface area contributed by atoms with Gasteiger partial charge in [0.2, 0.25) is 5.91 Å². The van der Waals surface area contributed by atoms with E-state index in [1.54, 1.807) is 0 Å². The first kappa shape index (κ1) is 23.1. The van der Waals surface area contributed by atoms with Gasteiger partial charge in [0.15, 0.2) is 9.84 Å². The summed E-state index contributed by atoms with van der Waals surface area (Å²) in [6, 6.07) is 5.73. The predicted octanol–water partition coefficient (Wildman–Crippen LogP) is 3.50. The van der Waals surface area contributed by atoms with Crippen molar-refractivity contribution in [2.75, 3.05) is 12.8 Å². The van der Waals surface area contributed by atoms with Crippen molar-refractivity contribution in [2.24, 2.45) is 0 Å². The lowest BCUT2D eigenvalue weighted by atomic mass is 10.1. The minimum absolute atomic E-state index is 0.00686. The molecular formula is C21H21ClF2N2O4S. The van der Waals surface area contributed by atoms with Crippen molar-refractivity contribution < 1.29 is 26.8 Å². The Bertz CT molecular complexity index is 1140. The molecule has 2 atom stereocenters. The molecular weight excluding hydrogens is 450 g/mol. The molecule has 1 fully saturated rings. The average molecular weight is 471 g/mol. The van der Waals surface area contributed by atoms with Crippen LogP contribution in [0.3, 0.4) is 0 Å². The van der Waals surface area contributed by atoms with Gasteiger partial charge in [0.05, 0.1) is 16.0 Å². The number of amides is 2. The van der Waals surface area contributed by atoms with Crippen molar-refractivity contribution in [1.29, 1.82) is 0 Å². The topological polar surface area (TPSA) is 83.6 Å². The van der Waals surface area contributed by atoms with Gasteiger partial charge in [0, 0.05) is 23.9 Å². The number of hydrogen-bond acceptors (Lipinski definition) is 4. The summed E-state index contributed by atoms with van der Waals surface area (Å²) in [5, 5.41) is 2.26. The van der Waals surface area contributed by atoms with Gasteiger partial charge in [0.25, 0.3) is 5.91 Å². The van der Waals surface area contributed by atoms with Crippen molar-refractivity contribution >= 4 is 33.3 Å². The lowest BCUT2D eigenvalue weighted by Crippen LogP contribution is -2.46. The molecule has 2 aromatic rings. The number of nitrogens with one attached hydrogen (secondary N) is 1. The zero-order chi connectivity index (χ0) is 22.9. The van der Waals surface area contributed by atoms with E-state index in [2.05, 4.69) is 5.32 Å². The quantitative estimate of drug-likeness (QED) is 0.678. The van der Waals surface area contributed by atoms with E-state index in [1.165, 1.54) is 36.1 Å². The summed E-state index contributed by atoms with van der Waals surface area (Å²) < 4.78 is 51.4. The number of benzene rings is 2. The first-order chi connectivity index (χ1) is 14.5. The highest BCUT2D eigenvalue weighted by atomic mass is 35.5. The summed E-state index contributed by atoms with van der Waals surface area (Å²) in [5.74, 6) is -2.54. The van der Waals surface area contributed by atoms with Crippen LogP contribution in [0, 0.1) is 11.6 Å². The number of carbonyl (C=O) groups is 2. The van der Waals surface area contributed by atoms with Crippen LogP contribution in [-0.4, -0.2) is 44.0 Å². The molecule has 0 aliphatic carbocycles. The molecule has 1 aliphatic rings. The Labute approximate surface area is 184 Å². The summed E-state index contributed by atoms with van der Waals surface area (Å²) in [5.41, 5.74) is 0.0912. The maximum atomic E-state index is 14.2. The van der Waals surface area contributed by atoms with Crippen LogP contribution in [0.15, 0.2) is 41.3 Å². The fourth-order valence-electron chi connectivity index (χ4n) is 3.57. The maximum absolute atomic E-state index is 14.2. The van der Waals surface area contributed by atoms with E-state index in [9.17, 15) is 26.8 Å². The van der Waals surface area contributed by atoms with Crippen molar-refractivity contribution in [2.45, 2.75) is 36.7 Å². The molecule has 10 heteroatoms. The van der Waals surface area contributed by atoms with Crippen molar-refractivity contribution in [3.05, 3.63) is 64.2 Å². The van der Waals surface area contributed by atoms with Gasteiger partial charge in [-0.2, -0.15) is 0 Å². The Balaban J connectivity index is 1.78. The highest BCUT2D eigenvalue weighted by Gasteiger charge is 2.35. The second-order valence-corrected chi connectivity index (χ2v) is 9.90. The molecule has 2 amide bonds. The first-order valence-electron chi connectivity index (χ1n) is 9.55. The van der Waals surface area contributed by atoms with Crippen LogP contribution in [0.1, 0.15) is 41.7 Å². The number of halogens is 3. The summed E-state index contributed by atoms with van der Waals surface area (Å²) in [6.45, 7) is 1.82. The van der Waals surface area contributed by atoms with Crippen LogP contribution in [0.2, 0.25) is 5.02 Å². The van der Waals surface area contributed by atoms with Crippen LogP contribution in [0.5, 0.6) is 0 Å². The SMILES string of the molecule is CC(NC(=O)[C@H]1CCCN1C(=O)c1cccc(S(C)(=O)=O)c1)c1cc(F)c(Cl)cc1F. The normalized spacial score (nSPS) is 17.5. The molecule has 1 unspecified atom stereocenters. The van der Waals surface area contributed by atoms with E-state index >= 15 is 0 Å². The van der Waals surface area contributed by atoms with Crippen LogP contribution >= 0.6 is 11.6 Å². The lowest BCUT2D eigenvalue weighted by Gasteiger charge is -2.26. The minimum atomic E-state index is -3.50. The van der Waals surface area contributed by atoms with Gasteiger partial charge >= 0.3 is 0 Å². The van der Waals surface area contributed by atoms with Crippen molar-refractivity contribution in [1.82, 2.24) is 10.2 Å². The smallest absolute Gasteiger partial charge is 0.254 e. The molecule has 3 rings (SSSR count). The molecule has 1 saturated heterocycles. The number of hydrogen-bond donors (Lipinski definition) is 1. The number of rotatable bonds is 5. The molecule has 0 radical (unpaired) electrons. The van der Waals surface area contributed by atoms with Gasteiger partial charge < -0.3 is 10.2 Å². The van der Waals surface area contributed by atoms with Crippen molar-refractivity contribution in [3.8, 4) is 0 Å². The second kappa shape index (κ2) is 8.92. The van der Waals surface area contributed by atoms with E-state index in [4.69, 9.17) is 11.6 Å². The first-order valence-corrected chi connectivity index (χ1v) is 11.8. The van der Waals surface area contributed by atoms with Crippen molar-refractivity contribution in [3.63, 3.8) is 0 Å². The van der Waals surface area contributed by atoms with E-state index in [0.717, 1.165) is 18.4 Å². The molecule has 0 saturated carbocycles. The summed E-state index contributed by atoms with van der Waals surface area (Å²) in [7, 11) is -3.50. The Kier molecular flexibility index (Phi) is 6.66. The number of nitrogens with zero attached hydrogens (tertiary/aromatic N) is 1. The predicted molar refractivity (Wildman–Crippen MR) is 112 cm³/mol. The van der Waals surface area contributed by atoms with Gasteiger partial charge in [-0.25, -0.2) is 17.2 Å². The molecule has 2 aromatic carbocycles. The van der Waals surface area contributed by atoms with Crippen LogP contribution in [0.25, 0.3) is 0 Å². The van der Waals surface area contributed by atoms with E-state index in [-0.39, 0.29) is 21.0 Å². The largest absolute Gasteiger partial charge is 0.348 e. The summed E-state index contributed by atoms with van der Waals surface area (Å²) >= 11 is 5.57. The highest BCUT2D eigenvalue weighted by Crippen LogP contribution is 2.26. The van der Waals surface area contributed by atoms with Crippen LogP contribution < -0.4 is 5.32 Å². The number of sulfone groups is 1. The fourth-order valence-corrected chi connectivity index (χ4v) is 4.38. The van der Waals surface area contributed by atoms with E-state index in [1.807, 2.05) is 0 Å². The third kappa shape index (κ3) is 5.04. The standard InChI is InChI=1S/C21H21ClF2N2O4S/c1-12(15-10-18(24)16(22)11-17(15)23)25-20(27)19-7-4-8-26(19)21(28)13-5-3-6-14(9-13)31(2,29)30/h3,5-6,9-12,19H,4,7-8H2,1-2H3,(H,25,27)/t12?,19-/m1/s1. The maximum Gasteiger partial charge on any atom is 0.254 e. The van der Waals surface area contributed by atoms with Gasteiger partial charge in [-0.05, 0) is 50.1 Å². The molecule has 166 valence electrons. The molecule has 0 spiro atoms. The second-order valence-electron chi connectivity index (χ2n) is 7.47. The highest BCUT2D eigenvalue weighted by molar-refractivity contribution is 7.90. The lowest BCUT2D eigenvalue weighted by molar-refractivity contribution is -0.125.